The molecule has 0 aliphatic heterocycles. The molecule has 2 heterocycles. The van der Waals surface area contributed by atoms with E-state index in [0.717, 1.165) is 22.5 Å². The van der Waals surface area contributed by atoms with E-state index in [2.05, 4.69) is 52.2 Å². The quantitative estimate of drug-likeness (QED) is 0.192. The van der Waals surface area contributed by atoms with E-state index in [0.29, 0.717) is 22.1 Å². The van der Waals surface area contributed by atoms with E-state index in [-0.39, 0.29) is 18.0 Å². The van der Waals surface area contributed by atoms with Crippen LogP contribution in [0.5, 0.6) is 0 Å². The maximum Gasteiger partial charge on any atom is 0.154 e. The predicted molar refractivity (Wildman–Crippen MR) is 132 cm³/mol. The molecule has 32 heavy (non-hydrogen) atoms. The number of benzene rings is 2. The second kappa shape index (κ2) is 8.84. The Balaban J connectivity index is 1.91. The lowest BCUT2D eigenvalue weighted by Crippen LogP contribution is -2.22. The van der Waals surface area contributed by atoms with Crippen LogP contribution in [0.4, 0.5) is 8.78 Å². The lowest BCUT2D eigenvalue weighted by Gasteiger charge is -2.16. The highest BCUT2D eigenvalue weighted by Gasteiger charge is 2.22. The molecule has 4 rings (SSSR count). The van der Waals surface area contributed by atoms with Crippen LogP contribution in [0.3, 0.4) is 0 Å². The molecule has 0 aliphatic carbocycles. The summed E-state index contributed by atoms with van der Waals surface area (Å²) >= 11 is 3.47. The van der Waals surface area contributed by atoms with Crippen LogP contribution in [0, 0.1) is 11.6 Å². The van der Waals surface area contributed by atoms with Crippen LogP contribution in [-0.2, 0) is 11.5 Å². The molecule has 0 fully saturated rings. The number of pyridine rings is 1. The summed E-state index contributed by atoms with van der Waals surface area (Å²) in [5.74, 6) is -1.33. The first-order valence-corrected chi connectivity index (χ1v) is 14.8. The smallest absolute Gasteiger partial charge is 0.154 e. The van der Waals surface area contributed by atoms with Gasteiger partial charge in [-0.1, -0.05) is 50.5 Å². The maximum atomic E-state index is 14.7. The van der Waals surface area contributed by atoms with Crippen LogP contribution in [0.1, 0.15) is 5.56 Å². The fourth-order valence-corrected chi connectivity index (χ4v) is 4.81. The van der Waals surface area contributed by atoms with Crippen LogP contribution in [0.25, 0.3) is 39.1 Å². The molecule has 166 valence electrons. The number of hydrogen-bond acceptors (Lipinski definition) is 3. The topological polar surface area (TPSA) is 39.9 Å². The molecule has 2 aromatic carbocycles. The Kier molecular flexibility index (Phi) is 6.29. The van der Waals surface area contributed by atoms with Crippen molar-refractivity contribution in [1.29, 1.82) is 0 Å². The summed E-state index contributed by atoms with van der Waals surface area (Å²) in [5, 5.41) is 5.95. The summed E-state index contributed by atoms with van der Waals surface area (Å²) in [6.07, 6.45) is 1.69. The van der Waals surface area contributed by atoms with Gasteiger partial charge in [0, 0.05) is 25.5 Å². The van der Waals surface area contributed by atoms with E-state index in [9.17, 15) is 8.78 Å². The summed E-state index contributed by atoms with van der Waals surface area (Å²) in [6.45, 7) is 11.6. The number of aromatic nitrogens is 3. The minimum Gasteiger partial charge on any atom is -0.360 e. The highest BCUT2D eigenvalue weighted by Crippen LogP contribution is 2.37. The normalized spacial score (nSPS) is 12.1. The molecule has 0 saturated carbocycles. The number of nitrogens with zero attached hydrogens (tertiary/aromatic N) is 3. The van der Waals surface area contributed by atoms with E-state index in [4.69, 9.17) is 4.74 Å². The van der Waals surface area contributed by atoms with Gasteiger partial charge >= 0.3 is 0 Å². The molecule has 0 saturated heterocycles. The highest BCUT2D eigenvalue weighted by atomic mass is 79.9. The Bertz CT molecular complexity index is 1310. The van der Waals surface area contributed by atoms with Gasteiger partial charge in [0.05, 0.1) is 16.8 Å². The fourth-order valence-electron chi connectivity index (χ4n) is 3.59. The van der Waals surface area contributed by atoms with Gasteiger partial charge in [-0.2, -0.15) is 5.10 Å². The van der Waals surface area contributed by atoms with Crippen LogP contribution in [0.15, 0.2) is 47.6 Å². The Labute approximate surface area is 195 Å². The summed E-state index contributed by atoms with van der Waals surface area (Å²) in [6, 6.07) is 10.5. The van der Waals surface area contributed by atoms with Gasteiger partial charge in [-0.05, 0) is 45.7 Å². The molecule has 4 nitrogen and oxygen atoms in total. The monoisotopic (exact) mass is 515 g/mol. The molecule has 4 aromatic rings. The number of rotatable bonds is 7. The minimum atomic E-state index is -1.21. The van der Waals surface area contributed by atoms with Crippen LogP contribution < -0.4 is 0 Å². The molecular weight excluding hydrogens is 492 g/mol. The molecular formula is C24H24BrF2N3OSi. The van der Waals surface area contributed by atoms with Crippen LogP contribution in [0.2, 0.25) is 25.7 Å². The van der Waals surface area contributed by atoms with Gasteiger partial charge in [-0.25, -0.2) is 18.4 Å². The second-order valence-electron chi connectivity index (χ2n) is 8.90. The van der Waals surface area contributed by atoms with Gasteiger partial charge in [0.1, 0.15) is 23.9 Å². The number of ether oxygens (including phenoxy) is 1. The number of halogens is 3. The van der Waals surface area contributed by atoms with Gasteiger partial charge in [-0.15, -0.1) is 0 Å². The third-order valence-electron chi connectivity index (χ3n) is 5.31. The molecule has 0 unspecified atom stereocenters. The van der Waals surface area contributed by atoms with Crippen molar-refractivity contribution < 1.29 is 13.5 Å². The van der Waals surface area contributed by atoms with Gasteiger partial charge in [-0.3, -0.25) is 0 Å². The van der Waals surface area contributed by atoms with Crippen LogP contribution >= 0.6 is 15.9 Å². The molecule has 0 spiro atoms. The number of fused-ring (bicyclic) bond motifs is 3. The summed E-state index contributed by atoms with van der Waals surface area (Å²) in [5.41, 5.74) is 2.16. The first-order chi connectivity index (χ1) is 15.2. The molecule has 0 N–H and O–H groups in total. The van der Waals surface area contributed by atoms with Crippen LogP contribution in [-0.4, -0.2) is 29.4 Å². The van der Waals surface area contributed by atoms with Gasteiger partial charge < -0.3 is 4.74 Å². The standard InChI is InChI=1S/C24H24BrF2N3OSi/c1-5-15-9-10-16-17(13-15)21(20-18(26)7-6-8-19(20)27)28-22-23(16)30(29-24(22)25)14-31-11-12-32(2,3)4/h5-10,13H,1,11-12,14H2,2-4H3. The Morgan fingerprint density at radius 1 is 1.12 bits per heavy atom. The third kappa shape index (κ3) is 4.39. The van der Waals surface area contributed by atoms with E-state index >= 15 is 0 Å². The Morgan fingerprint density at radius 3 is 2.50 bits per heavy atom. The van der Waals surface area contributed by atoms with E-state index < -0.39 is 19.7 Å². The van der Waals surface area contributed by atoms with E-state index in [1.165, 1.54) is 18.2 Å². The lowest BCUT2D eigenvalue weighted by molar-refractivity contribution is 0.0816. The predicted octanol–water partition coefficient (Wildman–Crippen LogP) is 7.25. The largest absolute Gasteiger partial charge is 0.360 e. The van der Waals surface area contributed by atoms with Crippen molar-refractivity contribution in [3.63, 3.8) is 0 Å². The molecule has 0 amide bonds. The first kappa shape index (κ1) is 22.8. The summed E-state index contributed by atoms with van der Waals surface area (Å²) in [4.78, 5) is 4.67. The second-order valence-corrected chi connectivity index (χ2v) is 15.3. The van der Waals surface area contributed by atoms with Crippen molar-refractivity contribution in [2.45, 2.75) is 32.4 Å². The van der Waals surface area contributed by atoms with Crippen molar-refractivity contribution in [2.24, 2.45) is 0 Å². The molecule has 0 aliphatic rings. The molecule has 0 atom stereocenters. The summed E-state index contributed by atoms with van der Waals surface area (Å²) in [7, 11) is -1.21. The fraction of sp³-hybridized carbons (Fsp3) is 0.250. The average molecular weight is 516 g/mol. The van der Waals surface area contributed by atoms with Crippen molar-refractivity contribution in [1.82, 2.24) is 14.8 Å². The van der Waals surface area contributed by atoms with Crippen molar-refractivity contribution in [3.8, 4) is 11.3 Å². The van der Waals surface area contributed by atoms with Gasteiger partial charge in [0.2, 0.25) is 0 Å². The summed E-state index contributed by atoms with van der Waals surface area (Å²) < 4.78 is 37.6. The third-order valence-corrected chi connectivity index (χ3v) is 7.55. The highest BCUT2D eigenvalue weighted by molar-refractivity contribution is 9.10. The first-order valence-electron chi connectivity index (χ1n) is 10.3. The van der Waals surface area contributed by atoms with E-state index in [1.54, 1.807) is 10.8 Å². The zero-order valence-electron chi connectivity index (χ0n) is 18.3. The van der Waals surface area contributed by atoms with Gasteiger partial charge in [0.15, 0.2) is 4.60 Å². The number of hydrogen-bond donors (Lipinski definition) is 0. The minimum absolute atomic E-state index is 0.161. The Hall–Kier alpha value is -2.42. The van der Waals surface area contributed by atoms with Gasteiger partial charge in [0.25, 0.3) is 0 Å². The molecule has 0 radical (unpaired) electrons. The zero-order chi connectivity index (χ0) is 23.0. The maximum absolute atomic E-state index is 14.7. The van der Waals surface area contributed by atoms with E-state index in [1.807, 2.05) is 18.2 Å². The molecule has 2 aromatic heterocycles. The molecule has 8 heteroatoms. The van der Waals surface area contributed by atoms with Crippen molar-refractivity contribution in [3.05, 3.63) is 64.8 Å². The van der Waals surface area contributed by atoms with Crippen molar-refractivity contribution in [2.75, 3.05) is 6.61 Å². The van der Waals surface area contributed by atoms with Crippen molar-refractivity contribution >= 4 is 51.9 Å². The zero-order valence-corrected chi connectivity index (χ0v) is 20.8. The Morgan fingerprint density at radius 2 is 1.84 bits per heavy atom. The lowest BCUT2D eigenvalue weighted by atomic mass is 9.99. The SMILES string of the molecule is C=Cc1ccc2c(c1)c(-c1c(F)cccc1F)nc1c(Br)nn(COCC[Si](C)(C)C)c12. The average Bonchev–Trinajstić information content (AvgIpc) is 3.05. The molecule has 0 bridgehead atoms.